The van der Waals surface area contributed by atoms with Crippen molar-refractivity contribution in [2.75, 3.05) is 15.5 Å². The van der Waals surface area contributed by atoms with Crippen molar-refractivity contribution in [3.63, 3.8) is 0 Å². The lowest BCUT2D eigenvalue weighted by atomic mass is 9.80. The highest BCUT2D eigenvalue weighted by molar-refractivity contribution is 6.30. The number of nitrogens with one attached hydrogen (secondary N) is 2. The Labute approximate surface area is 280 Å². The lowest BCUT2D eigenvalue weighted by Crippen LogP contribution is -2.47. The van der Waals surface area contributed by atoms with Crippen molar-refractivity contribution in [3.05, 3.63) is 123 Å². The van der Waals surface area contributed by atoms with Crippen molar-refractivity contribution < 1.29 is 32.3 Å². The van der Waals surface area contributed by atoms with E-state index in [4.69, 9.17) is 11.6 Å². The molecular formula is C37H34ClF4N3O3. The van der Waals surface area contributed by atoms with Gasteiger partial charge in [-0.1, -0.05) is 54.8 Å². The second-order valence-corrected chi connectivity index (χ2v) is 12.8. The number of aryl methyl sites for hydroxylation is 1. The van der Waals surface area contributed by atoms with Crippen molar-refractivity contribution in [1.82, 2.24) is 0 Å². The van der Waals surface area contributed by atoms with E-state index in [2.05, 4.69) is 10.6 Å². The Balaban J connectivity index is 1.45. The first-order valence-corrected chi connectivity index (χ1v) is 16.2. The number of fused-ring (bicyclic) bond motifs is 1. The molecule has 250 valence electrons. The molecule has 1 heterocycles. The van der Waals surface area contributed by atoms with Gasteiger partial charge in [0, 0.05) is 28.1 Å². The zero-order valence-corrected chi connectivity index (χ0v) is 26.8. The van der Waals surface area contributed by atoms with Gasteiger partial charge in [-0.2, -0.15) is 13.2 Å². The van der Waals surface area contributed by atoms with E-state index in [1.165, 1.54) is 23.1 Å². The van der Waals surface area contributed by atoms with E-state index in [-0.39, 0.29) is 23.2 Å². The molecule has 48 heavy (non-hydrogen) atoms. The van der Waals surface area contributed by atoms with E-state index in [0.717, 1.165) is 43.5 Å². The number of hydrogen-bond donors (Lipinski definition) is 3. The van der Waals surface area contributed by atoms with Crippen LogP contribution >= 0.6 is 11.6 Å². The number of halogens is 5. The summed E-state index contributed by atoms with van der Waals surface area (Å²) in [6, 6.07) is 19.2. The minimum absolute atomic E-state index is 0.0926. The molecular weight excluding hydrogens is 646 g/mol. The SMILES string of the molecule is Cc1cccc(F)c1C(=O)N1c2ccc(Cl)cc2C[C@H](C(=O)Nc2ccc(CO)c(C(F)(F)F)c2)[C@@H]1c1ccc(NC2CCCC2)cc1. The van der Waals surface area contributed by atoms with Crippen LogP contribution in [0.25, 0.3) is 0 Å². The monoisotopic (exact) mass is 679 g/mol. The summed E-state index contributed by atoms with van der Waals surface area (Å²) in [6.45, 7) is 0.795. The third-order valence-electron chi connectivity index (χ3n) is 9.22. The minimum Gasteiger partial charge on any atom is -0.392 e. The van der Waals surface area contributed by atoms with Gasteiger partial charge in [0.2, 0.25) is 5.91 Å². The van der Waals surface area contributed by atoms with E-state index in [0.29, 0.717) is 33.4 Å². The third-order valence-corrected chi connectivity index (χ3v) is 9.46. The van der Waals surface area contributed by atoms with Crippen molar-refractivity contribution in [2.45, 2.75) is 63.9 Å². The van der Waals surface area contributed by atoms with E-state index in [1.54, 1.807) is 31.2 Å². The number of nitrogens with zero attached hydrogens (tertiary/aromatic N) is 1. The molecule has 0 bridgehead atoms. The van der Waals surface area contributed by atoms with Crippen LogP contribution in [0.5, 0.6) is 0 Å². The first kappa shape index (κ1) is 33.5. The molecule has 1 aliphatic heterocycles. The van der Waals surface area contributed by atoms with Crippen molar-refractivity contribution in [2.24, 2.45) is 5.92 Å². The lowest BCUT2D eigenvalue weighted by Gasteiger charge is -2.42. The Morgan fingerprint density at radius 2 is 1.67 bits per heavy atom. The summed E-state index contributed by atoms with van der Waals surface area (Å²) in [5.74, 6) is -3.06. The Morgan fingerprint density at radius 3 is 2.33 bits per heavy atom. The van der Waals surface area contributed by atoms with Crippen LogP contribution < -0.4 is 15.5 Å². The molecule has 0 unspecified atom stereocenters. The number of anilines is 3. The topological polar surface area (TPSA) is 81.7 Å². The summed E-state index contributed by atoms with van der Waals surface area (Å²) in [5.41, 5.74) is 1.18. The van der Waals surface area contributed by atoms with E-state index in [1.807, 2.05) is 24.3 Å². The Kier molecular flexibility index (Phi) is 9.49. The molecule has 3 N–H and O–H groups in total. The fraction of sp³-hybridized carbons (Fsp3) is 0.297. The molecule has 2 amide bonds. The zero-order chi connectivity index (χ0) is 34.2. The Bertz CT molecular complexity index is 1820. The predicted molar refractivity (Wildman–Crippen MR) is 178 cm³/mol. The highest BCUT2D eigenvalue weighted by Gasteiger charge is 2.44. The third kappa shape index (κ3) is 6.77. The Hall–Kier alpha value is -4.41. The van der Waals surface area contributed by atoms with Crippen molar-refractivity contribution in [1.29, 1.82) is 0 Å². The number of benzene rings is 4. The first-order valence-electron chi connectivity index (χ1n) is 15.8. The van der Waals surface area contributed by atoms with Gasteiger partial charge in [-0.25, -0.2) is 4.39 Å². The highest BCUT2D eigenvalue weighted by Crippen LogP contribution is 2.45. The van der Waals surface area contributed by atoms with Gasteiger partial charge in [-0.05, 0) is 97.0 Å². The van der Waals surface area contributed by atoms with Crippen LogP contribution in [-0.4, -0.2) is 23.0 Å². The molecule has 2 aliphatic rings. The summed E-state index contributed by atoms with van der Waals surface area (Å²) >= 11 is 6.36. The molecule has 0 spiro atoms. The van der Waals surface area contributed by atoms with Crippen molar-refractivity contribution in [3.8, 4) is 0 Å². The van der Waals surface area contributed by atoms with Gasteiger partial charge < -0.3 is 15.7 Å². The summed E-state index contributed by atoms with van der Waals surface area (Å²) in [4.78, 5) is 30.1. The smallest absolute Gasteiger partial charge is 0.392 e. The molecule has 11 heteroatoms. The highest BCUT2D eigenvalue weighted by atomic mass is 35.5. The number of aliphatic hydroxyl groups excluding tert-OH is 1. The lowest BCUT2D eigenvalue weighted by molar-refractivity contribution is -0.138. The minimum atomic E-state index is -4.77. The second-order valence-electron chi connectivity index (χ2n) is 12.4. The second kappa shape index (κ2) is 13.6. The molecule has 0 saturated heterocycles. The standard InChI is InChI=1S/C37H34ClF4N3O3/c1-21-5-4-8-31(39)33(21)36(48)45-32-16-12-25(38)17-24(32)18-29(34(45)22-9-13-27(14-10-22)43-26-6-2-3-7-26)35(47)44-28-15-11-23(20-46)30(19-28)37(40,41)42/h4-5,8-17,19,26,29,34,43,46H,2-3,6-7,18,20H2,1H3,(H,44,47)/t29-,34-/m0/s1. The Morgan fingerprint density at radius 1 is 0.958 bits per heavy atom. The molecule has 2 atom stereocenters. The maximum atomic E-state index is 15.3. The number of carbonyl (C=O) groups is 2. The van der Waals surface area contributed by atoms with Gasteiger partial charge in [0.15, 0.2) is 0 Å². The van der Waals surface area contributed by atoms with E-state index >= 15 is 4.39 Å². The summed E-state index contributed by atoms with van der Waals surface area (Å²) < 4.78 is 56.8. The van der Waals surface area contributed by atoms with Crippen LogP contribution in [0.2, 0.25) is 5.02 Å². The number of rotatable bonds is 7. The number of alkyl halides is 3. The van der Waals surface area contributed by atoms with Gasteiger partial charge >= 0.3 is 6.18 Å². The molecule has 0 aromatic heterocycles. The fourth-order valence-electron chi connectivity index (χ4n) is 6.88. The van der Waals surface area contributed by atoms with Crippen LogP contribution in [0.3, 0.4) is 0 Å². The van der Waals surface area contributed by atoms with Crippen LogP contribution in [-0.2, 0) is 24.0 Å². The number of aliphatic hydroxyl groups is 1. The van der Waals surface area contributed by atoms with Gasteiger partial charge in [0.1, 0.15) is 5.82 Å². The molecule has 4 aromatic carbocycles. The summed E-state index contributed by atoms with van der Waals surface area (Å²) in [5, 5.41) is 16.0. The van der Waals surface area contributed by atoms with Crippen molar-refractivity contribution >= 4 is 40.5 Å². The predicted octanol–water partition coefficient (Wildman–Crippen LogP) is 8.85. The quantitative estimate of drug-likeness (QED) is 0.171. The maximum absolute atomic E-state index is 15.3. The normalized spacial score (nSPS) is 18.0. The van der Waals surface area contributed by atoms with Crippen LogP contribution in [0.15, 0.2) is 78.9 Å². The van der Waals surface area contributed by atoms with E-state index < -0.39 is 47.9 Å². The number of hydrogen-bond acceptors (Lipinski definition) is 4. The molecule has 4 aromatic rings. The van der Waals surface area contributed by atoms with Gasteiger partial charge in [-0.3, -0.25) is 14.5 Å². The largest absolute Gasteiger partial charge is 0.416 e. The van der Waals surface area contributed by atoms with Gasteiger partial charge in [-0.15, -0.1) is 0 Å². The molecule has 6 nitrogen and oxygen atoms in total. The van der Waals surface area contributed by atoms with Gasteiger partial charge in [0.05, 0.1) is 29.7 Å². The molecule has 6 rings (SSSR count). The molecule has 1 aliphatic carbocycles. The number of carbonyl (C=O) groups excluding carboxylic acids is 2. The molecule has 0 radical (unpaired) electrons. The first-order chi connectivity index (χ1) is 22.9. The summed E-state index contributed by atoms with van der Waals surface area (Å²) in [6.07, 6.45) is -0.251. The van der Waals surface area contributed by atoms with Crippen LogP contribution in [0, 0.1) is 18.7 Å². The zero-order valence-electron chi connectivity index (χ0n) is 26.1. The van der Waals surface area contributed by atoms with Crippen LogP contribution in [0.1, 0.15) is 69.9 Å². The molecule has 1 saturated carbocycles. The number of amides is 2. The average Bonchev–Trinajstić information content (AvgIpc) is 3.56. The maximum Gasteiger partial charge on any atom is 0.416 e. The van der Waals surface area contributed by atoms with Gasteiger partial charge in [0.25, 0.3) is 5.91 Å². The fourth-order valence-corrected chi connectivity index (χ4v) is 7.08. The van der Waals surface area contributed by atoms with Crippen LogP contribution in [0.4, 0.5) is 34.6 Å². The molecule has 1 fully saturated rings. The average molecular weight is 680 g/mol. The summed E-state index contributed by atoms with van der Waals surface area (Å²) in [7, 11) is 0. The van der Waals surface area contributed by atoms with E-state index in [9.17, 15) is 27.9 Å².